The molecule has 1 heterocycles. The molecule has 0 amide bonds. The molecule has 0 aliphatic carbocycles. The van der Waals surface area contributed by atoms with Gasteiger partial charge in [-0.3, -0.25) is 0 Å². The first kappa shape index (κ1) is 12.4. The van der Waals surface area contributed by atoms with Crippen LogP contribution < -0.4 is 5.73 Å². The minimum absolute atomic E-state index is 0.599. The highest BCUT2D eigenvalue weighted by molar-refractivity contribution is 5.65. The van der Waals surface area contributed by atoms with Crippen molar-refractivity contribution >= 4 is 0 Å². The highest BCUT2D eigenvalue weighted by Gasteiger charge is 2.13. The van der Waals surface area contributed by atoms with Crippen LogP contribution in [-0.2, 0) is 19.5 Å². The zero-order valence-corrected chi connectivity index (χ0v) is 11.4. The standard InChI is InChI=1S/C17H20N2/c1-19-8-7-14-5-6-16(10-17(14)12-19)15-4-2-3-13(9-15)11-18/h2-6,9-10H,7-8,11-12,18H2,1H3. The van der Waals surface area contributed by atoms with E-state index in [-0.39, 0.29) is 0 Å². The molecule has 2 heteroatoms. The van der Waals surface area contributed by atoms with Crippen LogP contribution >= 0.6 is 0 Å². The third kappa shape index (κ3) is 2.55. The summed E-state index contributed by atoms with van der Waals surface area (Å²) in [4.78, 5) is 2.38. The van der Waals surface area contributed by atoms with Crippen LogP contribution in [0.2, 0.25) is 0 Å². The van der Waals surface area contributed by atoms with Crippen molar-refractivity contribution in [1.29, 1.82) is 0 Å². The van der Waals surface area contributed by atoms with Gasteiger partial charge in [-0.25, -0.2) is 0 Å². The number of nitrogens with two attached hydrogens (primary N) is 1. The first-order valence-corrected chi connectivity index (χ1v) is 6.86. The SMILES string of the molecule is CN1CCc2ccc(-c3cccc(CN)c3)cc2C1. The van der Waals surface area contributed by atoms with E-state index >= 15 is 0 Å². The fourth-order valence-corrected chi connectivity index (χ4v) is 2.76. The van der Waals surface area contributed by atoms with Crippen molar-refractivity contribution in [3.8, 4) is 11.1 Å². The van der Waals surface area contributed by atoms with Gasteiger partial charge in [0.05, 0.1) is 0 Å². The van der Waals surface area contributed by atoms with Crippen LogP contribution in [0.4, 0.5) is 0 Å². The maximum absolute atomic E-state index is 5.72. The van der Waals surface area contributed by atoms with Gasteiger partial charge in [-0.2, -0.15) is 0 Å². The predicted molar refractivity (Wildman–Crippen MR) is 79.8 cm³/mol. The van der Waals surface area contributed by atoms with Crippen molar-refractivity contribution in [1.82, 2.24) is 4.90 Å². The number of rotatable bonds is 2. The lowest BCUT2D eigenvalue weighted by molar-refractivity contribution is 0.313. The molecule has 0 unspecified atom stereocenters. The van der Waals surface area contributed by atoms with E-state index in [0.29, 0.717) is 6.54 Å². The molecule has 0 fully saturated rings. The summed E-state index contributed by atoms with van der Waals surface area (Å²) in [5.74, 6) is 0. The zero-order chi connectivity index (χ0) is 13.2. The molecule has 2 N–H and O–H groups in total. The third-order valence-electron chi connectivity index (χ3n) is 3.91. The Kier molecular flexibility index (Phi) is 3.36. The lowest BCUT2D eigenvalue weighted by atomic mass is 9.94. The summed E-state index contributed by atoms with van der Waals surface area (Å²) < 4.78 is 0. The van der Waals surface area contributed by atoms with E-state index in [1.807, 2.05) is 0 Å². The number of fused-ring (bicyclic) bond motifs is 1. The molecule has 3 rings (SSSR count). The second-order valence-corrected chi connectivity index (χ2v) is 5.38. The van der Waals surface area contributed by atoms with Crippen LogP contribution in [0.25, 0.3) is 11.1 Å². The molecule has 1 aliphatic heterocycles. The van der Waals surface area contributed by atoms with Gasteiger partial charge in [0.1, 0.15) is 0 Å². The molecule has 19 heavy (non-hydrogen) atoms. The normalized spacial score (nSPS) is 15.3. The number of benzene rings is 2. The van der Waals surface area contributed by atoms with Gasteiger partial charge >= 0.3 is 0 Å². The van der Waals surface area contributed by atoms with E-state index in [0.717, 1.165) is 19.5 Å². The van der Waals surface area contributed by atoms with Crippen molar-refractivity contribution in [3.05, 3.63) is 59.2 Å². The summed E-state index contributed by atoms with van der Waals surface area (Å²) in [5.41, 5.74) is 12.4. The molecule has 0 bridgehead atoms. The van der Waals surface area contributed by atoms with Gasteiger partial charge in [0, 0.05) is 19.6 Å². The Morgan fingerprint density at radius 3 is 2.74 bits per heavy atom. The van der Waals surface area contributed by atoms with E-state index in [1.165, 1.54) is 27.8 Å². The summed E-state index contributed by atoms with van der Waals surface area (Å²) in [5, 5.41) is 0. The van der Waals surface area contributed by atoms with E-state index in [1.54, 1.807) is 0 Å². The number of likely N-dealkylation sites (N-methyl/N-ethyl adjacent to an activating group) is 1. The number of hydrogen-bond acceptors (Lipinski definition) is 2. The minimum Gasteiger partial charge on any atom is -0.326 e. The van der Waals surface area contributed by atoms with Gasteiger partial charge in [0.2, 0.25) is 0 Å². The average Bonchev–Trinajstić information content (AvgIpc) is 2.46. The van der Waals surface area contributed by atoms with E-state index in [2.05, 4.69) is 54.4 Å². The Labute approximate surface area is 114 Å². The largest absolute Gasteiger partial charge is 0.326 e. The van der Waals surface area contributed by atoms with Crippen LogP contribution in [0.5, 0.6) is 0 Å². The van der Waals surface area contributed by atoms with Gasteiger partial charge in [-0.15, -0.1) is 0 Å². The highest BCUT2D eigenvalue weighted by Crippen LogP contribution is 2.26. The molecule has 2 aromatic carbocycles. The van der Waals surface area contributed by atoms with Crippen LogP contribution in [0.1, 0.15) is 16.7 Å². The summed E-state index contributed by atoms with van der Waals surface area (Å²) in [6.45, 7) is 2.82. The summed E-state index contributed by atoms with van der Waals surface area (Å²) in [7, 11) is 2.19. The van der Waals surface area contributed by atoms with Crippen LogP contribution in [0.3, 0.4) is 0 Å². The highest BCUT2D eigenvalue weighted by atomic mass is 15.1. The molecule has 0 aromatic heterocycles. The number of nitrogens with zero attached hydrogens (tertiary/aromatic N) is 1. The average molecular weight is 252 g/mol. The first-order valence-electron chi connectivity index (χ1n) is 6.86. The second-order valence-electron chi connectivity index (χ2n) is 5.38. The number of hydrogen-bond donors (Lipinski definition) is 1. The van der Waals surface area contributed by atoms with Crippen molar-refractivity contribution in [2.24, 2.45) is 5.73 Å². The molecular formula is C17H20N2. The lowest BCUT2D eigenvalue weighted by Crippen LogP contribution is -2.26. The van der Waals surface area contributed by atoms with Gasteiger partial charge < -0.3 is 10.6 Å². The van der Waals surface area contributed by atoms with Crippen molar-refractivity contribution < 1.29 is 0 Å². The Hall–Kier alpha value is -1.64. The van der Waals surface area contributed by atoms with E-state index < -0.39 is 0 Å². The molecule has 2 nitrogen and oxygen atoms in total. The van der Waals surface area contributed by atoms with Gasteiger partial charge in [-0.1, -0.05) is 30.3 Å². The molecule has 0 spiro atoms. The van der Waals surface area contributed by atoms with Gasteiger partial charge in [0.15, 0.2) is 0 Å². The Morgan fingerprint density at radius 1 is 1.05 bits per heavy atom. The van der Waals surface area contributed by atoms with Crippen molar-refractivity contribution in [3.63, 3.8) is 0 Å². The monoisotopic (exact) mass is 252 g/mol. The fraction of sp³-hybridized carbons (Fsp3) is 0.294. The fourth-order valence-electron chi connectivity index (χ4n) is 2.76. The van der Waals surface area contributed by atoms with E-state index in [9.17, 15) is 0 Å². The van der Waals surface area contributed by atoms with Crippen molar-refractivity contribution in [2.45, 2.75) is 19.5 Å². The Morgan fingerprint density at radius 2 is 1.89 bits per heavy atom. The molecule has 0 radical (unpaired) electrons. The molecule has 2 aromatic rings. The minimum atomic E-state index is 0.599. The molecule has 0 atom stereocenters. The molecular weight excluding hydrogens is 232 g/mol. The summed E-state index contributed by atoms with van der Waals surface area (Å²) in [6, 6.07) is 15.4. The quantitative estimate of drug-likeness (QED) is 0.890. The van der Waals surface area contributed by atoms with Crippen LogP contribution in [0, 0.1) is 0 Å². The molecule has 1 aliphatic rings. The lowest BCUT2D eigenvalue weighted by Gasteiger charge is -2.25. The zero-order valence-electron chi connectivity index (χ0n) is 11.4. The Bertz CT molecular complexity index is 590. The topological polar surface area (TPSA) is 29.3 Å². The predicted octanol–water partition coefficient (Wildman–Crippen LogP) is 2.80. The Balaban J connectivity index is 1.99. The second kappa shape index (κ2) is 5.16. The third-order valence-corrected chi connectivity index (χ3v) is 3.91. The van der Waals surface area contributed by atoms with Gasteiger partial charge in [0.25, 0.3) is 0 Å². The van der Waals surface area contributed by atoms with Gasteiger partial charge in [-0.05, 0) is 53.4 Å². The molecule has 0 saturated carbocycles. The molecule has 0 saturated heterocycles. The van der Waals surface area contributed by atoms with E-state index in [4.69, 9.17) is 5.73 Å². The smallest absolute Gasteiger partial charge is 0.0233 e. The van der Waals surface area contributed by atoms with Crippen LogP contribution in [-0.4, -0.2) is 18.5 Å². The summed E-state index contributed by atoms with van der Waals surface area (Å²) >= 11 is 0. The molecule has 98 valence electrons. The summed E-state index contributed by atoms with van der Waals surface area (Å²) in [6.07, 6.45) is 1.16. The van der Waals surface area contributed by atoms with Crippen molar-refractivity contribution in [2.75, 3.05) is 13.6 Å². The maximum Gasteiger partial charge on any atom is 0.0233 e. The first-order chi connectivity index (χ1) is 9.26. The van der Waals surface area contributed by atoms with Crippen LogP contribution in [0.15, 0.2) is 42.5 Å². The maximum atomic E-state index is 5.72.